The van der Waals surface area contributed by atoms with Gasteiger partial charge < -0.3 is 19.6 Å². The molecule has 0 radical (unpaired) electrons. The first kappa shape index (κ1) is 26.5. The summed E-state index contributed by atoms with van der Waals surface area (Å²) in [6.45, 7) is 9.14. The molecule has 0 unspecified atom stereocenters. The van der Waals surface area contributed by atoms with E-state index in [2.05, 4.69) is 21.2 Å². The summed E-state index contributed by atoms with van der Waals surface area (Å²) in [4.78, 5) is 50.4. The lowest BCUT2D eigenvalue weighted by atomic mass is 10.0. The van der Waals surface area contributed by atoms with Crippen LogP contribution in [0.4, 0.5) is 0 Å². The lowest BCUT2D eigenvalue weighted by molar-refractivity contribution is -0.198. The molecule has 0 bridgehead atoms. The van der Waals surface area contributed by atoms with Crippen LogP contribution in [-0.4, -0.2) is 66.1 Å². The van der Waals surface area contributed by atoms with Gasteiger partial charge in [-0.25, -0.2) is 4.79 Å². The number of hydrogen-bond donors (Lipinski definition) is 1. The molecule has 1 heterocycles. The van der Waals surface area contributed by atoms with E-state index in [0.717, 1.165) is 0 Å². The molecule has 0 atom stereocenters. The van der Waals surface area contributed by atoms with Gasteiger partial charge in [0, 0.05) is 19.4 Å². The molecule has 1 N–H and O–H groups in total. The Labute approximate surface area is 174 Å². The molecule has 0 aromatic heterocycles. The van der Waals surface area contributed by atoms with Crippen LogP contribution in [0, 0.1) is 0 Å². The summed E-state index contributed by atoms with van der Waals surface area (Å²) < 4.78 is 11.0. The number of nitrogens with zero attached hydrogens (tertiary/aromatic N) is 1. The van der Waals surface area contributed by atoms with Crippen LogP contribution < -0.4 is 5.32 Å². The Kier molecular flexibility index (Phi) is 13.7. The molecule has 0 aromatic carbocycles. The lowest BCUT2D eigenvalue weighted by Crippen LogP contribution is -2.33. The maximum Gasteiger partial charge on any atom is 0.333 e. The van der Waals surface area contributed by atoms with Crippen LogP contribution in [0.1, 0.15) is 53.4 Å². The SMILES string of the molecule is CC.CC(C)(CCC(=O)ON1C(=O)CCC1=O)OCCOCCNC(=O)CBr. The number of rotatable bonds is 12. The molecular weight excluding hydrogens is 436 g/mol. The molecule has 3 amide bonds. The van der Waals surface area contributed by atoms with E-state index in [1.807, 2.05) is 27.7 Å². The highest BCUT2D eigenvalue weighted by Crippen LogP contribution is 2.18. The standard InChI is InChI=1S/C16H25BrN2O7.C2H6/c1-16(2,25-10-9-24-8-7-18-12(20)11-17)6-5-15(23)26-19-13(21)3-4-14(19)22;1-2/h3-11H2,1-2H3,(H,18,20);1-2H3. The number of carbonyl (C=O) groups excluding carboxylic acids is 4. The minimum absolute atomic E-state index is 0.0174. The molecule has 1 aliphatic rings. The van der Waals surface area contributed by atoms with Gasteiger partial charge in [0.05, 0.1) is 37.2 Å². The number of carbonyl (C=O) groups is 4. The molecule has 10 heteroatoms. The van der Waals surface area contributed by atoms with Crippen LogP contribution in [0.25, 0.3) is 0 Å². The van der Waals surface area contributed by atoms with E-state index in [1.54, 1.807) is 0 Å². The van der Waals surface area contributed by atoms with Crippen molar-refractivity contribution in [3.8, 4) is 0 Å². The molecule has 1 rings (SSSR count). The fourth-order valence-corrected chi connectivity index (χ4v) is 2.27. The summed E-state index contributed by atoms with van der Waals surface area (Å²) in [5, 5.41) is 3.45. The third-order valence-corrected chi connectivity index (χ3v) is 4.05. The third-order valence-electron chi connectivity index (χ3n) is 3.54. The van der Waals surface area contributed by atoms with Crippen molar-refractivity contribution in [3.63, 3.8) is 0 Å². The quantitative estimate of drug-likeness (QED) is 0.264. The lowest BCUT2D eigenvalue weighted by Gasteiger charge is -2.25. The number of hydroxylamine groups is 2. The average Bonchev–Trinajstić information content (AvgIpc) is 2.99. The van der Waals surface area contributed by atoms with Gasteiger partial charge in [0.25, 0.3) is 11.8 Å². The van der Waals surface area contributed by atoms with Crippen LogP contribution in [0.5, 0.6) is 0 Å². The van der Waals surface area contributed by atoms with Crippen LogP contribution in [0.15, 0.2) is 0 Å². The molecule has 162 valence electrons. The highest BCUT2D eigenvalue weighted by molar-refractivity contribution is 9.09. The molecule has 0 spiro atoms. The van der Waals surface area contributed by atoms with E-state index in [0.29, 0.717) is 37.8 Å². The molecule has 1 fully saturated rings. The summed E-state index contributed by atoms with van der Waals surface area (Å²) in [6, 6.07) is 0. The fraction of sp³-hybridized carbons (Fsp3) is 0.778. The summed E-state index contributed by atoms with van der Waals surface area (Å²) in [7, 11) is 0. The van der Waals surface area contributed by atoms with Gasteiger partial charge in [0.2, 0.25) is 5.91 Å². The molecule has 0 aliphatic carbocycles. The zero-order chi connectivity index (χ0) is 21.6. The van der Waals surface area contributed by atoms with Gasteiger partial charge in [-0.05, 0) is 20.3 Å². The molecule has 28 heavy (non-hydrogen) atoms. The van der Waals surface area contributed by atoms with Crippen LogP contribution in [0.2, 0.25) is 0 Å². The number of ether oxygens (including phenoxy) is 2. The van der Waals surface area contributed by atoms with Crippen molar-refractivity contribution >= 4 is 39.6 Å². The predicted octanol–water partition coefficient (Wildman–Crippen LogP) is 1.72. The maximum absolute atomic E-state index is 11.8. The summed E-state index contributed by atoms with van der Waals surface area (Å²) >= 11 is 3.04. The molecular formula is C18H31BrN2O7. The molecule has 9 nitrogen and oxygen atoms in total. The molecule has 1 aliphatic heterocycles. The van der Waals surface area contributed by atoms with Crippen molar-refractivity contribution in [1.82, 2.24) is 10.4 Å². The first-order valence-electron chi connectivity index (χ1n) is 9.36. The van der Waals surface area contributed by atoms with Crippen molar-refractivity contribution < 1.29 is 33.5 Å². The summed E-state index contributed by atoms with van der Waals surface area (Å²) in [6.07, 6.45) is 0.522. The van der Waals surface area contributed by atoms with Crippen molar-refractivity contribution in [2.75, 3.05) is 31.7 Å². The zero-order valence-corrected chi connectivity index (χ0v) is 18.6. The van der Waals surface area contributed by atoms with Crippen molar-refractivity contribution in [2.45, 2.75) is 59.0 Å². The number of amides is 3. The second-order valence-corrected chi connectivity index (χ2v) is 6.81. The van der Waals surface area contributed by atoms with Crippen molar-refractivity contribution in [3.05, 3.63) is 0 Å². The number of alkyl halides is 1. The van der Waals surface area contributed by atoms with E-state index in [1.165, 1.54) is 0 Å². The minimum atomic E-state index is -0.649. The Balaban J connectivity index is 0.00000352. The highest BCUT2D eigenvalue weighted by atomic mass is 79.9. The number of imide groups is 1. The van der Waals surface area contributed by atoms with Gasteiger partial charge >= 0.3 is 5.97 Å². The normalized spacial score (nSPS) is 13.8. The Morgan fingerprint density at radius 3 is 2.29 bits per heavy atom. The number of hydrogen-bond acceptors (Lipinski definition) is 7. The van der Waals surface area contributed by atoms with Gasteiger partial charge in [-0.1, -0.05) is 29.8 Å². The summed E-state index contributed by atoms with van der Waals surface area (Å²) in [5.41, 5.74) is -0.592. The predicted molar refractivity (Wildman–Crippen MR) is 105 cm³/mol. The van der Waals surface area contributed by atoms with Crippen molar-refractivity contribution in [2.24, 2.45) is 0 Å². The first-order valence-corrected chi connectivity index (χ1v) is 10.5. The van der Waals surface area contributed by atoms with Gasteiger partial charge in [0.1, 0.15) is 0 Å². The van der Waals surface area contributed by atoms with Crippen LogP contribution in [-0.2, 0) is 33.5 Å². The Morgan fingerprint density at radius 2 is 1.71 bits per heavy atom. The summed E-state index contributed by atoms with van der Waals surface area (Å²) in [5.74, 6) is -1.74. The highest BCUT2D eigenvalue weighted by Gasteiger charge is 2.33. The second kappa shape index (κ2) is 14.5. The number of halogens is 1. The van der Waals surface area contributed by atoms with Gasteiger partial charge in [0.15, 0.2) is 0 Å². The Bertz CT molecular complexity index is 510. The topological polar surface area (TPSA) is 111 Å². The second-order valence-electron chi connectivity index (χ2n) is 6.25. The smallest absolute Gasteiger partial charge is 0.333 e. The zero-order valence-electron chi connectivity index (χ0n) is 17.0. The monoisotopic (exact) mass is 466 g/mol. The van der Waals surface area contributed by atoms with Crippen LogP contribution >= 0.6 is 15.9 Å². The van der Waals surface area contributed by atoms with Crippen molar-refractivity contribution in [1.29, 1.82) is 0 Å². The fourth-order valence-electron chi connectivity index (χ4n) is 2.07. The van der Waals surface area contributed by atoms with E-state index < -0.39 is 23.4 Å². The third kappa shape index (κ3) is 11.4. The van der Waals surface area contributed by atoms with E-state index in [-0.39, 0.29) is 30.5 Å². The minimum Gasteiger partial charge on any atom is -0.377 e. The van der Waals surface area contributed by atoms with E-state index in [9.17, 15) is 19.2 Å². The maximum atomic E-state index is 11.8. The molecule has 0 saturated carbocycles. The Hall–Kier alpha value is -1.52. The van der Waals surface area contributed by atoms with E-state index >= 15 is 0 Å². The van der Waals surface area contributed by atoms with Crippen LogP contribution in [0.3, 0.4) is 0 Å². The molecule has 0 aromatic rings. The Morgan fingerprint density at radius 1 is 1.11 bits per heavy atom. The van der Waals surface area contributed by atoms with E-state index in [4.69, 9.17) is 14.3 Å². The molecule has 1 saturated heterocycles. The van der Waals surface area contributed by atoms with Gasteiger partial charge in [-0.15, -0.1) is 5.06 Å². The van der Waals surface area contributed by atoms with Gasteiger partial charge in [-0.3, -0.25) is 14.4 Å². The van der Waals surface area contributed by atoms with Gasteiger partial charge in [-0.2, -0.15) is 0 Å². The number of nitrogens with one attached hydrogen (secondary N) is 1. The largest absolute Gasteiger partial charge is 0.377 e. The average molecular weight is 467 g/mol. The first-order chi connectivity index (χ1) is 13.2.